The summed E-state index contributed by atoms with van der Waals surface area (Å²) >= 11 is 7.74. The molecule has 3 rings (SSSR count). The minimum absolute atomic E-state index is 0.132. The van der Waals surface area contributed by atoms with Gasteiger partial charge in [-0.15, -0.1) is 0 Å². The number of anilines is 1. The minimum atomic E-state index is -0.132. The van der Waals surface area contributed by atoms with Crippen molar-refractivity contribution in [1.82, 2.24) is 15.2 Å². The van der Waals surface area contributed by atoms with Crippen LogP contribution in [0.25, 0.3) is 10.2 Å². The number of aryl methyl sites for hydroxylation is 2. The van der Waals surface area contributed by atoms with Crippen LogP contribution in [-0.2, 0) is 6.54 Å². The highest BCUT2D eigenvalue weighted by atomic mass is 35.5. The Balaban J connectivity index is 1.48. The first-order chi connectivity index (χ1) is 12.9. The van der Waals surface area contributed by atoms with Gasteiger partial charge in [0.1, 0.15) is 0 Å². The molecular formula is C20H23ClN4OS. The highest BCUT2D eigenvalue weighted by Crippen LogP contribution is 2.28. The maximum Gasteiger partial charge on any atom is 0.317 e. The minimum Gasteiger partial charge on any atom is -0.360 e. The van der Waals surface area contributed by atoms with Crippen LogP contribution in [-0.4, -0.2) is 36.1 Å². The van der Waals surface area contributed by atoms with E-state index in [1.807, 2.05) is 24.3 Å². The molecule has 2 N–H and O–H groups in total. The lowest BCUT2D eigenvalue weighted by atomic mass is 10.1. The van der Waals surface area contributed by atoms with E-state index >= 15 is 0 Å². The number of amides is 2. The molecule has 142 valence electrons. The van der Waals surface area contributed by atoms with Crippen LogP contribution < -0.4 is 10.6 Å². The van der Waals surface area contributed by atoms with Crippen molar-refractivity contribution in [3.63, 3.8) is 0 Å². The van der Waals surface area contributed by atoms with Crippen molar-refractivity contribution in [2.75, 3.05) is 25.5 Å². The normalized spacial score (nSPS) is 10.8. The van der Waals surface area contributed by atoms with E-state index in [9.17, 15) is 4.79 Å². The molecule has 0 aliphatic rings. The standard InChI is InChI=1S/C20H23ClN4OS/c1-13-10-17-18(11-14(13)2)27-19(24-17)22-8-9-25(3)20(26)23-12-15-6-4-5-7-16(15)21/h4-7,10-11H,8-9,12H2,1-3H3,(H,22,24)(H,23,26). The Kier molecular flexibility index (Phi) is 6.19. The van der Waals surface area contributed by atoms with Gasteiger partial charge in [0.15, 0.2) is 5.13 Å². The van der Waals surface area contributed by atoms with Crippen molar-refractivity contribution in [2.24, 2.45) is 0 Å². The summed E-state index contributed by atoms with van der Waals surface area (Å²) in [5.74, 6) is 0. The number of halogens is 1. The van der Waals surface area contributed by atoms with Gasteiger partial charge in [-0.2, -0.15) is 0 Å². The summed E-state index contributed by atoms with van der Waals surface area (Å²) in [5, 5.41) is 7.72. The van der Waals surface area contributed by atoms with Crippen LogP contribution in [0.1, 0.15) is 16.7 Å². The first kappa shape index (κ1) is 19.5. The lowest BCUT2D eigenvalue weighted by Crippen LogP contribution is -2.39. The van der Waals surface area contributed by atoms with E-state index in [0.717, 1.165) is 16.2 Å². The number of nitrogens with one attached hydrogen (secondary N) is 2. The van der Waals surface area contributed by atoms with E-state index in [-0.39, 0.29) is 6.03 Å². The number of thiazole rings is 1. The maximum atomic E-state index is 12.2. The van der Waals surface area contributed by atoms with Crippen molar-refractivity contribution in [3.05, 3.63) is 58.1 Å². The molecule has 7 heteroatoms. The number of hydrogen-bond acceptors (Lipinski definition) is 4. The molecular weight excluding hydrogens is 380 g/mol. The van der Waals surface area contributed by atoms with Crippen molar-refractivity contribution < 1.29 is 4.79 Å². The van der Waals surface area contributed by atoms with Crippen molar-refractivity contribution >= 4 is 44.3 Å². The second-order valence-corrected chi connectivity index (χ2v) is 7.96. The number of nitrogens with zero attached hydrogens (tertiary/aromatic N) is 2. The Morgan fingerprint density at radius 2 is 1.96 bits per heavy atom. The third-order valence-electron chi connectivity index (χ3n) is 4.46. The van der Waals surface area contributed by atoms with E-state index < -0.39 is 0 Å². The number of rotatable bonds is 6. The molecule has 5 nitrogen and oxygen atoms in total. The molecule has 0 aliphatic carbocycles. The van der Waals surface area contributed by atoms with Gasteiger partial charge in [0.2, 0.25) is 0 Å². The van der Waals surface area contributed by atoms with Gasteiger partial charge < -0.3 is 15.5 Å². The molecule has 0 radical (unpaired) electrons. The van der Waals surface area contributed by atoms with Crippen LogP contribution >= 0.6 is 22.9 Å². The van der Waals surface area contributed by atoms with Crippen LogP contribution in [0.15, 0.2) is 36.4 Å². The lowest BCUT2D eigenvalue weighted by molar-refractivity contribution is 0.210. The fraction of sp³-hybridized carbons (Fsp3) is 0.300. The van der Waals surface area contributed by atoms with Gasteiger partial charge in [0, 0.05) is 31.7 Å². The summed E-state index contributed by atoms with van der Waals surface area (Å²) in [6.45, 7) is 5.82. The smallest absolute Gasteiger partial charge is 0.317 e. The second-order valence-electron chi connectivity index (χ2n) is 6.52. The number of fused-ring (bicyclic) bond motifs is 1. The largest absolute Gasteiger partial charge is 0.360 e. The van der Waals surface area contributed by atoms with Gasteiger partial charge in [0.25, 0.3) is 0 Å². The van der Waals surface area contributed by atoms with Crippen LogP contribution in [0, 0.1) is 13.8 Å². The molecule has 0 atom stereocenters. The number of benzene rings is 2. The Labute approximate surface area is 168 Å². The fourth-order valence-corrected chi connectivity index (χ4v) is 3.81. The third-order valence-corrected chi connectivity index (χ3v) is 5.81. The van der Waals surface area contributed by atoms with Crippen molar-refractivity contribution in [1.29, 1.82) is 0 Å². The molecule has 0 bridgehead atoms. The molecule has 0 aliphatic heterocycles. The first-order valence-electron chi connectivity index (χ1n) is 8.78. The molecule has 2 aromatic carbocycles. The molecule has 0 unspecified atom stereocenters. The van der Waals surface area contributed by atoms with E-state index in [1.54, 1.807) is 23.3 Å². The number of aromatic nitrogens is 1. The molecule has 27 heavy (non-hydrogen) atoms. The van der Waals surface area contributed by atoms with Crippen LogP contribution in [0.3, 0.4) is 0 Å². The number of urea groups is 1. The SMILES string of the molecule is Cc1cc2nc(NCCN(C)C(=O)NCc3ccccc3Cl)sc2cc1C. The van der Waals surface area contributed by atoms with E-state index in [0.29, 0.717) is 24.7 Å². The molecule has 1 aromatic heterocycles. The highest BCUT2D eigenvalue weighted by Gasteiger charge is 2.10. The molecule has 0 fully saturated rings. The van der Waals surface area contributed by atoms with Gasteiger partial charge >= 0.3 is 6.03 Å². The predicted molar refractivity (Wildman–Crippen MR) is 114 cm³/mol. The van der Waals surface area contributed by atoms with Gasteiger partial charge in [-0.1, -0.05) is 41.1 Å². The monoisotopic (exact) mass is 402 g/mol. The zero-order valence-electron chi connectivity index (χ0n) is 15.7. The number of carbonyl (C=O) groups is 1. The predicted octanol–water partition coefficient (Wildman–Crippen LogP) is 4.82. The summed E-state index contributed by atoms with van der Waals surface area (Å²) in [7, 11) is 1.77. The average molecular weight is 403 g/mol. The van der Waals surface area contributed by atoms with Crippen molar-refractivity contribution in [2.45, 2.75) is 20.4 Å². The molecule has 3 aromatic rings. The van der Waals surface area contributed by atoms with Crippen LogP contribution in [0.4, 0.5) is 9.93 Å². The molecule has 0 saturated heterocycles. The number of carbonyl (C=O) groups excluding carboxylic acids is 1. The van der Waals surface area contributed by atoms with Gasteiger partial charge in [-0.25, -0.2) is 9.78 Å². The number of hydrogen-bond donors (Lipinski definition) is 2. The Hall–Kier alpha value is -2.31. The lowest BCUT2D eigenvalue weighted by Gasteiger charge is -2.18. The average Bonchev–Trinajstić information content (AvgIpc) is 3.02. The second kappa shape index (κ2) is 8.59. The topological polar surface area (TPSA) is 57.3 Å². The summed E-state index contributed by atoms with van der Waals surface area (Å²) in [4.78, 5) is 18.5. The van der Waals surface area contributed by atoms with Gasteiger partial charge in [-0.3, -0.25) is 0 Å². The summed E-state index contributed by atoms with van der Waals surface area (Å²) in [5.41, 5.74) is 4.43. The quantitative estimate of drug-likeness (QED) is 0.621. The van der Waals surface area contributed by atoms with Crippen LogP contribution in [0.2, 0.25) is 5.02 Å². The third kappa shape index (κ3) is 4.90. The highest BCUT2D eigenvalue weighted by molar-refractivity contribution is 7.22. The van der Waals surface area contributed by atoms with Gasteiger partial charge in [-0.05, 0) is 48.7 Å². The molecule has 2 amide bonds. The van der Waals surface area contributed by atoms with E-state index in [1.165, 1.54) is 15.8 Å². The first-order valence-corrected chi connectivity index (χ1v) is 9.97. The Morgan fingerprint density at radius 1 is 1.22 bits per heavy atom. The molecule has 0 spiro atoms. The maximum absolute atomic E-state index is 12.2. The van der Waals surface area contributed by atoms with Crippen LogP contribution in [0.5, 0.6) is 0 Å². The van der Waals surface area contributed by atoms with Gasteiger partial charge in [0.05, 0.1) is 10.2 Å². The van der Waals surface area contributed by atoms with E-state index in [4.69, 9.17) is 11.6 Å². The number of likely N-dealkylation sites (N-methyl/N-ethyl adjacent to an activating group) is 1. The Morgan fingerprint density at radius 3 is 2.74 bits per heavy atom. The Bertz CT molecular complexity index is 917. The zero-order valence-corrected chi connectivity index (χ0v) is 17.2. The summed E-state index contributed by atoms with van der Waals surface area (Å²) in [6.07, 6.45) is 0. The molecule has 1 heterocycles. The summed E-state index contributed by atoms with van der Waals surface area (Å²) < 4.78 is 1.17. The van der Waals surface area contributed by atoms with E-state index in [2.05, 4.69) is 41.6 Å². The zero-order chi connectivity index (χ0) is 19.4. The summed E-state index contributed by atoms with van der Waals surface area (Å²) in [6, 6.07) is 11.6. The molecule has 0 saturated carbocycles. The van der Waals surface area contributed by atoms with Crippen molar-refractivity contribution in [3.8, 4) is 0 Å². The fourth-order valence-electron chi connectivity index (χ4n) is 2.64.